The second-order valence-electron chi connectivity index (χ2n) is 4.60. The SMILES string of the molecule is CCc1c(N)ncnc1NC(C)CCc1ccco1. The fourth-order valence-corrected chi connectivity index (χ4v) is 2.02. The van der Waals surface area contributed by atoms with Gasteiger partial charge in [0.1, 0.15) is 23.7 Å². The Morgan fingerprint density at radius 1 is 1.42 bits per heavy atom. The van der Waals surface area contributed by atoms with Crippen LogP contribution in [0.1, 0.15) is 31.6 Å². The van der Waals surface area contributed by atoms with E-state index in [9.17, 15) is 0 Å². The Hall–Kier alpha value is -2.04. The molecular weight excluding hydrogens is 240 g/mol. The van der Waals surface area contributed by atoms with Crippen molar-refractivity contribution in [1.82, 2.24) is 9.97 Å². The number of furan rings is 1. The fraction of sp³-hybridized carbons (Fsp3) is 0.429. The van der Waals surface area contributed by atoms with Crippen molar-refractivity contribution in [3.63, 3.8) is 0 Å². The van der Waals surface area contributed by atoms with E-state index in [0.717, 1.165) is 36.4 Å². The number of anilines is 2. The third kappa shape index (κ3) is 3.47. The summed E-state index contributed by atoms with van der Waals surface area (Å²) in [6, 6.07) is 4.20. The standard InChI is InChI=1S/C14H20N4O/c1-3-12-13(15)16-9-17-14(12)18-10(2)6-7-11-5-4-8-19-11/h4-5,8-10H,3,6-7H2,1-2H3,(H3,15,16,17,18). The lowest BCUT2D eigenvalue weighted by Crippen LogP contribution is -2.18. The Labute approximate surface area is 113 Å². The van der Waals surface area contributed by atoms with Crippen LogP contribution in [-0.4, -0.2) is 16.0 Å². The summed E-state index contributed by atoms with van der Waals surface area (Å²) < 4.78 is 5.32. The van der Waals surface area contributed by atoms with E-state index in [4.69, 9.17) is 10.2 Å². The van der Waals surface area contributed by atoms with Crippen molar-refractivity contribution in [2.75, 3.05) is 11.1 Å². The molecule has 2 aromatic rings. The molecule has 1 unspecified atom stereocenters. The molecule has 0 saturated heterocycles. The maximum atomic E-state index is 5.85. The number of nitrogens with one attached hydrogen (secondary N) is 1. The molecule has 0 aliphatic carbocycles. The van der Waals surface area contributed by atoms with E-state index in [0.29, 0.717) is 11.9 Å². The predicted molar refractivity (Wildman–Crippen MR) is 75.9 cm³/mol. The highest BCUT2D eigenvalue weighted by Gasteiger charge is 2.10. The molecule has 102 valence electrons. The average Bonchev–Trinajstić information content (AvgIpc) is 2.90. The van der Waals surface area contributed by atoms with Crippen LogP contribution >= 0.6 is 0 Å². The van der Waals surface area contributed by atoms with Crippen molar-refractivity contribution in [1.29, 1.82) is 0 Å². The molecule has 5 heteroatoms. The first-order valence-electron chi connectivity index (χ1n) is 6.59. The molecule has 2 rings (SSSR count). The van der Waals surface area contributed by atoms with Crippen molar-refractivity contribution < 1.29 is 4.42 Å². The normalized spacial score (nSPS) is 12.3. The molecule has 19 heavy (non-hydrogen) atoms. The van der Waals surface area contributed by atoms with Crippen LogP contribution in [0.4, 0.5) is 11.6 Å². The minimum Gasteiger partial charge on any atom is -0.469 e. The number of nitrogens with two attached hydrogens (primary N) is 1. The van der Waals surface area contributed by atoms with Gasteiger partial charge in [0.25, 0.3) is 0 Å². The van der Waals surface area contributed by atoms with Gasteiger partial charge in [-0.3, -0.25) is 0 Å². The van der Waals surface area contributed by atoms with Crippen LogP contribution in [0, 0.1) is 0 Å². The maximum absolute atomic E-state index is 5.85. The van der Waals surface area contributed by atoms with Crippen molar-refractivity contribution >= 4 is 11.6 Å². The van der Waals surface area contributed by atoms with Gasteiger partial charge in [-0.15, -0.1) is 0 Å². The van der Waals surface area contributed by atoms with Gasteiger partial charge in [0, 0.05) is 18.0 Å². The molecule has 0 aliphatic heterocycles. The monoisotopic (exact) mass is 260 g/mol. The molecule has 0 aliphatic rings. The maximum Gasteiger partial charge on any atom is 0.134 e. The Balaban J connectivity index is 1.95. The Morgan fingerprint density at radius 3 is 2.95 bits per heavy atom. The first-order chi connectivity index (χ1) is 9.20. The zero-order chi connectivity index (χ0) is 13.7. The molecule has 3 N–H and O–H groups in total. The van der Waals surface area contributed by atoms with Crippen molar-refractivity contribution in [2.24, 2.45) is 0 Å². The molecule has 0 fully saturated rings. The average molecular weight is 260 g/mol. The summed E-state index contributed by atoms with van der Waals surface area (Å²) in [6.07, 6.45) is 5.90. The molecule has 5 nitrogen and oxygen atoms in total. The number of nitrogens with zero attached hydrogens (tertiary/aromatic N) is 2. The smallest absolute Gasteiger partial charge is 0.134 e. The van der Waals surface area contributed by atoms with Crippen molar-refractivity contribution in [3.8, 4) is 0 Å². The number of aryl methyl sites for hydroxylation is 1. The van der Waals surface area contributed by atoms with Gasteiger partial charge in [-0.05, 0) is 31.9 Å². The summed E-state index contributed by atoms with van der Waals surface area (Å²) in [5.41, 5.74) is 6.83. The molecule has 0 saturated carbocycles. The van der Waals surface area contributed by atoms with Gasteiger partial charge in [0.15, 0.2) is 0 Å². The third-order valence-electron chi connectivity index (χ3n) is 3.12. The zero-order valence-electron chi connectivity index (χ0n) is 11.4. The minimum atomic E-state index is 0.296. The van der Waals surface area contributed by atoms with E-state index in [1.54, 1.807) is 6.26 Å². The number of rotatable bonds is 6. The van der Waals surface area contributed by atoms with Gasteiger partial charge in [-0.2, -0.15) is 0 Å². The molecule has 0 aromatic carbocycles. The largest absolute Gasteiger partial charge is 0.469 e. The van der Waals surface area contributed by atoms with Gasteiger partial charge in [-0.1, -0.05) is 6.92 Å². The molecular formula is C14H20N4O. The summed E-state index contributed by atoms with van der Waals surface area (Å²) in [6.45, 7) is 4.18. The summed E-state index contributed by atoms with van der Waals surface area (Å²) in [4.78, 5) is 8.29. The number of hydrogen-bond acceptors (Lipinski definition) is 5. The molecule has 0 radical (unpaired) electrons. The summed E-state index contributed by atoms with van der Waals surface area (Å²) >= 11 is 0. The summed E-state index contributed by atoms with van der Waals surface area (Å²) in [7, 11) is 0. The van der Waals surface area contributed by atoms with Crippen LogP contribution in [0.5, 0.6) is 0 Å². The topological polar surface area (TPSA) is 77.0 Å². The first-order valence-corrected chi connectivity index (χ1v) is 6.59. The summed E-state index contributed by atoms with van der Waals surface area (Å²) in [5, 5.41) is 3.39. The van der Waals surface area contributed by atoms with E-state index in [1.165, 1.54) is 6.33 Å². The fourth-order valence-electron chi connectivity index (χ4n) is 2.02. The van der Waals surface area contributed by atoms with E-state index >= 15 is 0 Å². The molecule has 2 heterocycles. The quantitative estimate of drug-likeness (QED) is 0.835. The second-order valence-corrected chi connectivity index (χ2v) is 4.60. The lowest BCUT2D eigenvalue weighted by molar-refractivity contribution is 0.494. The first kappa shape index (κ1) is 13.4. The molecule has 0 spiro atoms. The van der Waals surface area contributed by atoms with Crippen LogP contribution in [0.2, 0.25) is 0 Å². The van der Waals surface area contributed by atoms with Crippen molar-refractivity contribution in [3.05, 3.63) is 36.0 Å². The minimum absolute atomic E-state index is 0.296. The Morgan fingerprint density at radius 2 is 2.26 bits per heavy atom. The number of aromatic nitrogens is 2. The van der Waals surface area contributed by atoms with Gasteiger partial charge < -0.3 is 15.5 Å². The van der Waals surface area contributed by atoms with E-state index < -0.39 is 0 Å². The highest BCUT2D eigenvalue weighted by Crippen LogP contribution is 2.19. The molecule has 0 bridgehead atoms. The summed E-state index contributed by atoms with van der Waals surface area (Å²) in [5.74, 6) is 2.40. The zero-order valence-corrected chi connectivity index (χ0v) is 11.4. The Bertz CT molecular complexity index is 510. The molecule has 2 aromatic heterocycles. The van der Waals surface area contributed by atoms with Crippen molar-refractivity contribution in [2.45, 2.75) is 39.2 Å². The number of nitrogen functional groups attached to an aromatic ring is 1. The van der Waals surface area contributed by atoms with E-state index in [1.807, 2.05) is 19.1 Å². The highest BCUT2D eigenvalue weighted by atomic mass is 16.3. The van der Waals surface area contributed by atoms with Crippen LogP contribution in [0.25, 0.3) is 0 Å². The van der Waals surface area contributed by atoms with E-state index in [-0.39, 0.29) is 0 Å². The van der Waals surface area contributed by atoms with Gasteiger partial charge in [-0.25, -0.2) is 9.97 Å². The van der Waals surface area contributed by atoms with Crippen LogP contribution in [0.15, 0.2) is 29.1 Å². The lowest BCUT2D eigenvalue weighted by Gasteiger charge is -2.16. The second kappa shape index (κ2) is 6.22. The molecule has 1 atom stereocenters. The van der Waals surface area contributed by atoms with Gasteiger partial charge >= 0.3 is 0 Å². The van der Waals surface area contributed by atoms with Gasteiger partial charge in [0.05, 0.1) is 6.26 Å². The van der Waals surface area contributed by atoms with Gasteiger partial charge in [0.2, 0.25) is 0 Å². The van der Waals surface area contributed by atoms with Crippen LogP contribution in [-0.2, 0) is 12.8 Å². The van der Waals surface area contributed by atoms with E-state index in [2.05, 4.69) is 22.2 Å². The number of hydrogen-bond donors (Lipinski definition) is 2. The molecule has 0 amide bonds. The predicted octanol–water partition coefficient (Wildman–Crippen LogP) is 2.65. The highest BCUT2D eigenvalue weighted by molar-refractivity contribution is 5.55. The third-order valence-corrected chi connectivity index (χ3v) is 3.12. The lowest BCUT2D eigenvalue weighted by atomic mass is 10.1. The van der Waals surface area contributed by atoms with Crippen LogP contribution < -0.4 is 11.1 Å². The van der Waals surface area contributed by atoms with Crippen LogP contribution in [0.3, 0.4) is 0 Å². The Kier molecular flexibility index (Phi) is 4.39.